The van der Waals surface area contributed by atoms with Crippen LogP contribution >= 0.6 is 15.9 Å². The van der Waals surface area contributed by atoms with Crippen molar-refractivity contribution in [2.24, 2.45) is 0 Å². The lowest BCUT2D eigenvalue weighted by molar-refractivity contribution is -0.385. The molecule has 1 unspecified atom stereocenters. The molecule has 1 aromatic carbocycles. The summed E-state index contributed by atoms with van der Waals surface area (Å²) in [6.07, 6.45) is 6.79. The first-order valence-electron chi connectivity index (χ1n) is 5.97. The summed E-state index contributed by atoms with van der Waals surface area (Å²) in [5.74, 6) is -0.268. The lowest BCUT2D eigenvalue weighted by Gasteiger charge is -2.19. The lowest BCUT2D eigenvalue weighted by Crippen LogP contribution is -2.35. The normalized spacial score (nSPS) is 18.1. The van der Waals surface area contributed by atoms with Gasteiger partial charge in [0.05, 0.1) is 9.40 Å². The summed E-state index contributed by atoms with van der Waals surface area (Å²) in [4.78, 5) is 22.3. The van der Waals surface area contributed by atoms with Crippen LogP contribution in [0.3, 0.4) is 0 Å². The van der Waals surface area contributed by atoms with E-state index in [0.717, 1.165) is 19.3 Å². The highest BCUT2D eigenvalue weighted by atomic mass is 79.9. The Labute approximate surface area is 119 Å². The molecule has 1 aliphatic rings. The van der Waals surface area contributed by atoms with Gasteiger partial charge in [-0.15, -0.1) is 0 Å². The number of allylic oxidation sites excluding steroid dienone is 1. The predicted molar refractivity (Wildman–Crippen MR) is 75.0 cm³/mol. The van der Waals surface area contributed by atoms with E-state index in [4.69, 9.17) is 0 Å². The van der Waals surface area contributed by atoms with Crippen molar-refractivity contribution >= 4 is 27.5 Å². The topological polar surface area (TPSA) is 72.2 Å². The smallest absolute Gasteiger partial charge is 0.284 e. The third kappa shape index (κ3) is 3.41. The molecule has 0 saturated heterocycles. The number of rotatable bonds is 3. The Kier molecular flexibility index (Phi) is 4.31. The Morgan fingerprint density at radius 1 is 1.42 bits per heavy atom. The molecular formula is C13H13BrN2O3. The molecule has 0 spiro atoms. The van der Waals surface area contributed by atoms with E-state index in [0.29, 0.717) is 10.0 Å². The summed E-state index contributed by atoms with van der Waals surface area (Å²) in [5.41, 5.74) is 0.209. The average Bonchev–Trinajstić information content (AvgIpc) is 2.40. The third-order valence-corrected chi connectivity index (χ3v) is 3.68. The molecule has 19 heavy (non-hydrogen) atoms. The third-order valence-electron chi connectivity index (χ3n) is 3.01. The maximum Gasteiger partial charge on any atom is 0.284 e. The fourth-order valence-corrected chi connectivity index (χ4v) is 2.38. The van der Waals surface area contributed by atoms with E-state index in [1.54, 1.807) is 6.07 Å². The first kappa shape index (κ1) is 13.7. The van der Waals surface area contributed by atoms with Gasteiger partial charge in [-0.25, -0.2) is 0 Å². The van der Waals surface area contributed by atoms with Gasteiger partial charge in [0.15, 0.2) is 0 Å². The molecule has 0 aromatic heterocycles. The molecule has 0 saturated carbocycles. The molecule has 0 fully saturated rings. The van der Waals surface area contributed by atoms with Gasteiger partial charge in [0.1, 0.15) is 0 Å². The molecule has 6 heteroatoms. The van der Waals surface area contributed by atoms with Crippen LogP contribution in [0.1, 0.15) is 29.6 Å². The molecule has 0 bridgehead atoms. The molecule has 1 atom stereocenters. The Bertz CT molecular complexity index is 543. The van der Waals surface area contributed by atoms with E-state index in [2.05, 4.69) is 27.3 Å². The van der Waals surface area contributed by atoms with Crippen LogP contribution in [-0.2, 0) is 0 Å². The van der Waals surface area contributed by atoms with Gasteiger partial charge >= 0.3 is 0 Å². The summed E-state index contributed by atoms with van der Waals surface area (Å²) in [5, 5.41) is 13.7. The first-order valence-corrected chi connectivity index (χ1v) is 6.77. The fourth-order valence-electron chi connectivity index (χ4n) is 1.99. The van der Waals surface area contributed by atoms with E-state index in [1.165, 1.54) is 12.1 Å². The lowest BCUT2D eigenvalue weighted by atomic mass is 10.0. The average molecular weight is 325 g/mol. The van der Waals surface area contributed by atoms with Crippen molar-refractivity contribution in [2.45, 2.75) is 25.3 Å². The van der Waals surface area contributed by atoms with Gasteiger partial charge in [-0.05, 0) is 47.3 Å². The number of carbonyl (C=O) groups excluding carboxylic acids is 1. The summed E-state index contributed by atoms with van der Waals surface area (Å²) < 4.78 is 0.370. The highest BCUT2D eigenvalue weighted by molar-refractivity contribution is 9.10. The fraction of sp³-hybridized carbons (Fsp3) is 0.308. The number of nitrogens with zero attached hydrogens (tertiary/aromatic N) is 1. The zero-order valence-electron chi connectivity index (χ0n) is 10.1. The standard InChI is InChI=1S/C13H13BrN2O3/c14-11-7-6-9(8-12(11)16(18)19)13(17)15-10-4-2-1-3-5-10/h1-2,6-8,10H,3-5H2,(H,15,17). The van der Waals surface area contributed by atoms with E-state index in [-0.39, 0.29) is 17.6 Å². The molecular weight excluding hydrogens is 312 g/mol. The first-order chi connectivity index (χ1) is 9.08. The number of nitro benzene ring substituents is 1. The molecule has 1 N–H and O–H groups in total. The highest BCUT2D eigenvalue weighted by Gasteiger charge is 2.18. The van der Waals surface area contributed by atoms with E-state index >= 15 is 0 Å². The summed E-state index contributed by atoms with van der Waals surface area (Å²) in [6, 6.07) is 4.50. The largest absolute Gasteiger partial charge is 0.349 e. The second kappa shape index (κ2) is 5.97. The van der Waals surface area contributed by atoms with Gasteiger partial charge in [-0.1, -0.05) is 12.2 Å². The van der Waals surface area contributed by atoms with Gasteiger partial charge in [0.25, 0.3) is 11.6 Å². The van der Waals surface area contributed by atoms with Gasteiger partial charge in [-0.2, -0.15) is 0 Å². The summed E-state index contributed by atoms with van der Waals surface area (Å²) >= 11 is 3.10. The van der Waals surface area contributed by atoms with Crippen LogP contribution in [0.25, 0.3) is 0 Å². The summed E-state index contributed by atoms with van der Waals surface area (Å²) in [6.45, 7) is 0. The van der Waals surface area contributed by atoms with Crippen LogP contribution in [0.15, 0.2) is 34.8 Å². The number of hydrogen-bond donors (Lipinski definition) is 1. The van der Waals surface area contributed by atoms with Crippen molar-refractivity contribution in [3.8, 4) is 0 Å². The number of hydrogen-bond acceptors (Lipinski definition) is 3. The Hall–Kier alpha value is -1.69. The van der Waals surface area contributed by atoms with E-state index in [1.807, 2.05) is 6.08 Å². The number of nitro groups is 1. The number of nitrogens with one attached hydrogen (secondary N) is 1. The Balaban J connectivity index is 2.12. The molecule has 1 amide bonds. The molecule has 0 radical (unpaired) electrons. The van der Waals surface area contributed by atoms with E-state index in [9.17, 15) is 14.9 Å². The molecule has 1 aliphatic carbocycles. The van der Waals surface area contributed by atoms with Crippen molar-refractivity contribution in [3.05, 3.63) is 50.5 Å². The maximum atomic E-state index is 12.0. The van der Waals surface area contributed by atoms with Crippen LogP contribution in [0.4, 0.5) is 5.69 Å². The van der Waals surface area contributed by atoms with Crippen LogP contribution in [-0.4, -0.2) is 16.9 Å². The van der Waals surface area contributed by atoms with Gasteiger partial charge in [0.2, 0.25) is 0 Å². The second-order valence-corrected chi connectivity index (χ2v) is 5.23. The molecule has 0 heterocycles. The SMILES string of the molecule is O=C(NC1CC=CCC1)c1ccc(Br)c([N+](=O)[O-])c1. The minimum Gasteiger partial charge on any atom is -0.349 e. The van der Waals surface area contributed by atoms with E-state index < -0.39 is 4.92 Å². The van der Waals surface area contributed by atoms with Crippen LogP contribution in [0.5, 0.6) is 0 Å². The molecule has 2 rings (SSSR count). The summed E-state index contributed by atoms with van der Waals surface area (Å²) in [7, 11) is 0. The van der Waals surface area contributed by atoms with Crippen LogP contribution < -0.4 is 5.32 Å². The van der Waals surface area contributed by atoms with Crippen molar-refractivity contribution in [1.29, 1.82) is 0 Å². The minimum absolute atomic E-state index is 0.101. The van der Waals surface area contributed by atoms with Gasteiger partial charge in [-0.3, -0.25) is 14.9 Å². The zero-order chi connectivity index (χ0) is 13.8. The predicted octanol–water partition coefficient (Wildman–Crippen LogP) is 3.20. The quantitative estimate of drug-likeness (QED) is 0.527. The number of benzene rings is 1. The maximum absolute atomic E-state index is 12.0. The zero-order valence-corrected chi connectivity index (χ0v) is 11.7. The molecule has 5 nitrogen and oxygen atoms in total. The number of halogens is 1. The van der Waals surface area contributed by atoms with Crippen LogP contribution in [0, 0.1) is 10.1 Å². The highest BCUT2D eigenvalue weighted by Crippen LogP contribution is 2.25. The monoisotopic (exact) mass is 324 g/mol. The number of amides is 1. The van der Waals surface area contributed by atoms with Crippen molar-refractivity contribution in [1.82, 2.24) is 5.32 Å². The van der Waals surface area contributed by atoms with Crippen molar-refractivity contribution in [2.75, 3.05) is 0 Å². The van der Waals surface area contributed by atoms with Gasteiger partial charge in [0, 0.05) is 17.7 Å². The molecule has 100 valence electrons. The van der Waals surface area contributed by atoms with Crippen molar-refractivity contribution in [3.63, 3.8) is 0 Å². The van der Waals surface area contributed by atoms with Gasteiger partial charge < -0.3 is 5.32 Å². The molecule has 0 aliphatic heterocycles. The second-order valence-electron chi connectivity index (χ2n) is 4.38. The minimum atomic E-state index is -0.510. The van der Waals surface area contributed by atoms with Crippen LogP contribution in [0.2, 0.25) is 0 Å². The molecule has 1 aromatic rings. The van der Waals surface area contributed by atoms with Crippen molar-refractivity contribution < 1.29 is 9.72 Å². The number of carbonyl (C=O) groups is 1. The Morgan fingerprint density at radius 3 is 2.84 bits per heavy atom. The Morgan fingerprint density at radius 2 is 2.21 bits per heavy atom.